The molecular weight excluding hydrogens is 286 g/mol. The van der Waals surface area contributed by atoms with Crippen LogP contribution in [0.3, 0.4) is 0 Å². The minimum atomic E-state index is -3.36. The van der Waals surface area contributed by atoms with Crippen LogP contribution in [0, 0.1) is 0 Å². The number of rotatable bonds is 3. The normalized spacial score (nSPS) is 26.9. The Balaban J connectivity index is 1.94. The van der Waals surface area contributed by atoms with Gasteiger partial charge in [-0.1, -0.05) is 25.7 Å². The van der Waals surface area contributed by atoms with Crippen molar-refractivity contribution in [2.45, 2.75) is 62.7 Å². The van der Waals surface area contributed by atoms with Gasteiger partial charge in [0.15, 0.2) is 0 Å². The summed E-state index contributed by atoms with van der Waals surface area (Å²) in [6, 6.07) is 0.0473. The van der Waals surface area contributed by atoms with Crippen molar-refractivity contribution in [1.29, 1.82) is 0 Å². The second-order valence-electron chi connectivity index (χ2n) is 5.70. The minimum Gasteiger partial charge on any atom is -0.229 e. The lowest BCUT2D eigenvalue weighted by molar-refractivity contribution is 0.495. The van der Waals surface area contributed by atoms with Crippen molar-refractivity contribution in [3.8, 4) is 0 Å². The monoisotopic (exact) mass is 309 g/mol. The van der Waals surface area contributed by atoms with Crippen LogP contribution >= 0.6 is 0 Å². The predicted octanol–water partition coefficient (Wildman–Crippen LogP) is 1.21. The quantitative estimate of drug-likeness (QED) is 0.795. The third-order valence-corrected chi connectivity index (χ3v) is 7.85. The number of nitrogens with one attached hydrogen (secondary N) is 1. The summed E-state index contributed by atoms with van der Waals surface area (Å²) < 4.78 is 50.0. The SMILES string of the molecule is O=S1(=O)CCC(S(=O)(=O)NC2CCCCCC2)CC1. The Morgan fingerprint density at radius 3 is 1.89 bits per heavy atom. The van der Waals surface area contributed by atoms with E-state index in [0.29, 0.717) is 0 Å². The van der Waals surface area contributed by atoms with E-state index in [1.54, 1.807) is 0 Å². The molecule has 1 saturated carbocycles. The van der Waals surface area contributed by atoms with Crippen LogP contribution in [-0.2, 0) is 19.9 Å². The van der Waals surface area contributed by atoms with Crippen LogP contribution < -0.4 is 4.72 Å². The van der Waals surface area contributed by atoms with Crippen LogP contribution in [0.4, 0.5) is 0 Å². The molecule has 1 saturated heterocycles. The Morgan fingerprint density at radius 2 is 1.37 bits per heavy atom. The van der Waals surface area contributed by atoms with Crippen molar-refractivity contribution in [1.82, 2.24) is 4.72 Å². The fourth-order valence-corrected chi connectivity index (χ4v) is 6.44. The van der Waals surface area contributed by atoms with Gasteiger partial charge in [0.2, 0.25) is 10.0 Å². The lowest BCUT2D eigenvalue weighted by Crippen LogP contribution is -2.44. The van der Waals surface area contributed by atoms with E-state index in [0.717, 1.165) is 25.7 Å². The molecule has 0 atom stereocenters. The molecule has 1 aliphatic carbocycles. The van der Waals surface area contributed by atoms with Crippen LogP contribution in [0.15, 0.2) is 0 Å². The van der Waals surface area contributed by atoms with Gasteiger partial charge in [-0.15, -0.1) is 0 Å². The molecule has 2 rings (SSSR count). The summed E-state index contributed by atoms with van der Waals surface area (Å²) in [5.74, 6) is 0.00644. The van der Waals surface area contributed by atoms with E-state index in [2.05, 4.69) is 4.72 Å². The van der Waals surface area contributed by atoms with Crippen molar-refractivity contribution in [2.24, 2.45) is 0 Å². The molecule has 5 nitrogen and oxygen atoms in total. The molecule has 0 aromatic carbocycles. The first-order valence-corrected chi connectivity index (χ1v) is 10.5. The van der Waals surface area contributed by atoms with Gasteiger partial charge in [-0.2, -0.15) is 0 Å². The third kappa shape index (κ3) is 4.43. The maximum Gasteiger partial charge on any atom is 0.214 e. The maximum atomic E-state index is 12.3. The van der Waals surface area contributed by atoms with Gasteiger partial charge in [0.1, 0.15) is 9.84 Å². The van der Waals surface area contributed by atoms with Crippen LogP contribution in [0.1, 0.15) is 51.4 Å². The zero-order valence-corrected chi connectivity index (χ0v) is 12.8. The van der Waals surface area contributed by atoms with E-state index in [1.165, 1.54) is 12.8 Å². The van der Waals surface area contributed by atoms with E-state index >= 15 is 0 Å². The molecule has 2 fully saturated rings. The first kappa shape index (κ1) is 15.3. The van der Waals surface area contributed by atoms with Crippen LogP contribution in [0.5, 0.6) is 0 Å². The van der Waals surface area contributed by atoms with Crippen LogP contribution in [0.2, 0.25) is 0 Å². The summed E-state index contributed by atoms with van der Waals surface area (Å²) in [6.45, 7) is 0. The minimum absolute atomic E-state index is 0.00322. The second kappa shape index (κ2) is 6.10. The molecule has 0 unspecified atom stereocenters. The molecule has 112 valence electrons. The predicted molar refractivity (Wildman–Crippen MR) is 75.2 cm³/mol. The van der Waals surface area contributed by atoms with Crippen molar-refractivity contribution in [3.63, 3.8) is 0 Å². The first-order chi connectivity index (χ1) is 8.89. The average Bonchev–Trinajstić information content (AvgIpc) is 2.56. The number of sulfonamides is 1. The van der Waals surface area contributed by atoms with E-state index in [-0.39, 0.29) is 30.4 Å². The Bertz CT molecular complexity index is 476. The standard InChI is InChI=1S/C12H23NO4S2/c14-18(15)9-7-12(8-10-18)19(16,17)13-11-5-3-1-2-4-6-11/h11-13H,1-10H2. The van der Waals surface area contributed by atoms with Gasteiger partial charge in [-0.25, -0.2) is 21.6 Å². The molecule has 7 heteroatoms. The van der Waals surface area contributed by atoms with Gasteiger partial charge in [-0.3, -0.25) is 0 Å². The molecule has 2 aliphatic rings. The molecule has 0 bridgehead atoms. The largest absolute Gasteiger partial charge is 0.229 e. The summed E-state index contributed by atoms with van der Waals surface area (Å²) in [6.07, 6.45) is 6.81. The van der Waals surface area contributed by atoms with Crippen molar-refractivity contribution >= 4 is 19.9 Å². The Labute approximate surface area is 116 Å². The Morgan fingerprint density at radius 1 is 0.842 bits per heavy atom. The molecule has 0 spiro atoms. The van der Waals surface area contributed by atoms with Crippen molar-refractivity contribution in [3.05, 3.63) is 0 Å². The second-order valence-corrected chi connectivity index (χ2v) is 10.00. The van der Waals surface area contributed by atoms with Gasteiger partial charge >= 0.3 is 0 Å². The lowest BCUT2D eigenvalue weighted by Gasteiger charge is -2.25. The smallest absolute Gasteiger partial charge is 0.214 e. The molecule has 0 aromatic rings. The maximum absolute atomic E-state index is 12.3. The zero-order chi connectivity index (χ0) is 13.9. The highest BCUT2D eigenvalue weighted by molar-refractivity contribution is 7.92. The molecule has 0 radical (unpaired) electrons. The topological polar surface area (TPSA) is 80.3 Å². The highest BCUT2D eigenvalue weighted by Crippen LogP contribution is 2.22. The third-order valence-electron chi connectivity index (χ3n) is 4.13. The van der Waals surface area contributed by atoms with E-state index in [9.17, 15) is 16.8 Å². The lowest BCUT2D eigenvalue weighted by atomic mass is 10.1. The Kier molecular flexibility index (Phi) is 4.89. The molecule has 1 aliphatic heterocycles. The molecule has 0 amide bonds. The molecule has 1 N–H and O–H groups in total. The molecular formula is C12H23NO4S2. The highest BCUT2D eigenvalue weighted by atomic mass is 32.2. The van der Waals surface area contributed by atoms with Gasteiger partial charge in [0, 0.05) is 6.04 Å². The molecule has 0 aromatic heterocycles. The summed E-state index contributed by atoms with van der Waals surface area (Å²) in [4.78, 5) is 0. The number of sulfone groups is 1. The van der Waals surface area contributed by atoms with Gasteiger partial charge in [-0.05, 0) is 25.7 Å². The van der Waals surface area contributed by atoms with E-state index in [1.807, 2.05) is 0 Å². The van der Waals surface area contributed by atoms with Gasteiger partial charge in [0.25, 0.3) is 0 Å². The first-order valence-electron chi connectivity index (χ1n) is 7.11. The molecule has 19 heavy (non-hydrogen) atoms. The summed E-state index contributed by atoms with van der Waals surface area (Å²) in [5.41, 5.74) is 0. The summed E-state index contributed by atoms with van der Waals surface area (Å²) in [5, 5.41) is -0.528. The van der Waals surface area contributed by atoms with Crippen LogP contribution in [0.25, 0.3) is 0 Å². The van der Waals surface area contributed by atoms with Crippen molar-refractivity contribution < 1.29 is 16.8 Å². The summed E-state index contributed by atoms with van der Waals surface area (Å²) in [7, 11) is -6.37. The average molecular weight is 309 g/mol. The van der Waals surface area contributed by atoms with E-state index in [4.69, 9.17) is 0 Å². The zero-order valence-electron chi connectivity index (χ0n) is 11.2. The van der Waals surface area contributed by atoms with E-state index < -0.39 is 25.1 Å². The fourth-order valence-electron chi connectivity index (χ4n) is 2.90. The summed E-state index contributed by atoms with van der Waals surface area (Å²) >= 11 is 0. The highest BCUT2D eigenvalue weighted by Gasteiger charge is 2.33. The van der Waals surface area contributed by atoms with Gasteiger partial charge in [0.05, 0.1) is 16.8 Å². The van der Waals surface area contributed by atoms with Crippen LogP contribution in [-0.4, -0.2) is 39.6 Å². The number of hydrogen-bond donors (Lipinski definition) is 1. The number of hydrogen-bond acceptors (Lipinski definition) is 4. The van der Waals surface area contributed by atoms with Crippen molar-refractivity contribution in [2.75, 3.05) is 11.5 Å². The fraction of sp³-hybridized carbons (Fsp3) is 1.00. The molecule has 1 heterocycles. The van der Waals surface area contributed by atoms with Gasteiger partial charge < -0.3 is 0 Å². The Hall–Kier alpha value is -0.140.